The number of sulfonamides is 1. The molecule has 1 atom stereocenters. The molecule has 3 aromatic carbocycles. The van der Waals surface area contributed by atoms with Crippen molar-refractivity contribution >= 4 is 27.3 Å². The van der Waals surface area contributed by atoms with Gasteiger partial charge in [-0.15, -0.1) is 0 Å². The van der Waals surface area contributed by atoms with Gasteiger partial charge in [-0.1, -0.05) is 17.7 Å². The topological polar surface area (TPSA) is 77.1 Å². The number of hydrogen-bond acceptors (Lipinski definition) is 6. The zero-order valence-electron chi connectivity index (χ0n) is 20.6. The molecule has 4 rings (SSSR count). The molecule has 0 saturated carbocycles. The summed E-state index contributed by atoms with van der Waals surface area (Å²) in [5.41, 5.74) is 0.253. The van der Waals surface area contributed by atoms with Gasteiger partial charge in [0.05, 0.1) is 38.0 Å². The van der Waals surface area contributed by atoms with Crippen molar-refractivity contribution in [1.29, 1.82) is 0 Å². The lowest BCUT2D eigenvalue weighted by Gasteiger charge is -2.33. The summed E-state index contributed by atoms with van der Waals surface area (Å²) in [6.07, 6.45) is 0.259. The standard InChI is InChI=1S/C26H27ClF2N2O5S/c1-34-23-8-7-19(14-24(23)35-2)37(32,33)31(18-9-10-30-15-18)26-16(11-17(27)13-25(26)36-3)12-20-21(28)5-4-6-22(20)29/h4-8,11,13-14,18,30H,9-10,12,15H2,1-3H3/t18-/m0/s1. The maximum absolute atomic E-state index is 14.6. The van der Waals surface area contributed by atoms with Gasteiger partial charge in [-0.3, -0.25) is 4.31 Å². The zero-order chi connectivity index (χ0) is 26.7. The summed E-state index contributed by atoms with van der Waals surface area (Å²) in [6, 6.07) is 10.4. The van der Waals surface area contributed by atoms with E-state index in [1.54, 1.807) is 0 Å². The Morgan fingerprint density at radius 2 is 1.65 bits per heavy atom. The molecule has 1 aliphatic heterocycles. The van der Waals surface area contributed by atoms with Crippen LogP contribution < -0.4 is 23.8 Å². The predicted octanol–water partition coefficient (Wildman–Crippen LogP) is 4.79. The summed E-state index contributed by atoms with van der Waals surface area (Å²) >= 11 is 6.34. The fourth-order valence-corrected chi connectivity index (χ4v) is 6.46. The lowest BCUT2D eigenvalue weighted by molar-refractivity contribution is 0.354. The Labute approximate surface area is 220 Å². The molecule has 0 radical (unpaired) electrons. The highest BCUT2D eigenvalue weighted by atomic mass is 35.5. The van der Waals surface area contributed by atoms with Gasteiger partial charge in [-0.25, -0.2) is 17.2 Å². The molecule has 0 unspecified atom stereocenters. The fraction of sp³-hybridized carbons (Fsp3) is 0.308. The number of halogens is 3. The number of hydrogen-bond donors (Lipinski definition) is 1. The molecule has 0 bridgehead atoms. The van der Waals surface area contributed by atoms with Crippen LogP contribution in [0.5, 0.6) is 17.2 Å². The molecule has 0 aromatic heterocycles. The molecular formula is C26H27ClF2N2O5S. The first kappa shape index (κ1) is 27.0. The van der Waals surface area contributed by atoms with Gasteiger partial charge in [-0.2, -0.15) is 0 Å². The van der Waals surface area contributed by atoms with Crippen LogP contribution in [0.15, 0.2) is 53.4 Å². The molecule has 1 saturated heterocycles. The Morgan fingerprint density at radius 1 is 0.973 bits per heavy atom. The third-order valence-corrected chi connectivity index (χ3v) is 8.33. The summed E-state index contributed by atoms with van der Waals surface area (Å²) in [6.45, 7) is 0.960. The van der Waals surface area contributed by atoms with Crippen molar-refractivity contribution in [3.8, 4) is 17.2 Å². The minimum Gasteiger partial charge on any atom is -0.494 e. The van der Waals surface area contributed by atoms with Gasteiger partial charge in [0.2, 0.25) is 0 Å². The van der Waals surface area contributed by atoms with Gasteiger partial charge in [0.15, 0.2) is 11.5 Å². The summed E-state index contributed by atoms with van der Waals surface area (Å²) in [5.74, 6) is -0.723. The first-order valence-electron chi connectivity index (χ1n) is 11.5. The fourth-order valence-electron chi connectivity index (χ4n) is 4.49. The van der Waals surface area contributed by atoms with E-state index in [9.17, 15) is 17.2 Å². The first-order chi connectivity index (χ1) is 17.7. The average Bonchev–Trinajstić information content (AvgIpc) is 3.41. The monoisotopic (exact) mass is 552 g/mol. The summed E-state index contributed by atoms with van der Waals surface area (Å²) in [4.78, 5) is -0.0444. The minimum absolute atomic E-state index is 0.0444. The van der Waals surface area contributed by atoms with Crippen molar-refractivity contribution in [2.75, 3.05) is 38.7 Å². The molecule has 198 valence electrons. The molecule has 7 nitrogen and oxygen atoms in total. The lowest BCUT2D eigenvalue weighted by Crippen LogP contribution is -2.42. The number of anilines is 1. The van der Waals surface area contributed by atoms with E-state index >= 15 is 0 Å². The molecule has 3 aromatic rings. The van der Waals surface area contributed by atoms with E-state index in [1.165, 1.54) is 62.0 Å². The summed E-state index contributed by atoms with van der Waals surface area (Å²) in [5, 5.41) is 3.42. The Hall–Kier alpha value is -3.08. The van der Waals surface area contributed by atoms with E-state index < -0.39 is 27.7 Å². The average molecular weight is 553 g/mol. The van der Waals surface area contributed by atoms with E-state index in [4.69, 9.17) is 25.8 Å². The van der Waals surface area contributed by atoms with Crippen LogP contribution in [0, 0.1) is 11.6 Å². The molecule has 1 aliphatic rings. The van der Waals surface area contributed by atoms with Crippen molar-refractivity contribution in [2.24, 2.45) is 0 Å². The van der Waals surface area contributed by atoms with Crippen LogP contribution in [0.4, 0.5) is 14.5 Å². The van der Waals surface area contributed by atoms with Gasteiger partial charge in [0.1, 0.15) is 17.4 Å². The van der Waals surface area contributed by atoms with Gasteiger partial charge < -0.3 is 19.5 Å². The molecule has 1 N–H and O–H groups in total. The van der Waals surface area contributed by atoms with Gasteiger partial charge in [0, 0.05) is 35.7 Å². The zero-order valence-corrected chi connectivity index (χ0v) is 22.1. The van der Waals surface area contributed by atoms with Crippen molar-refractivity contribution in [2.45, 2.75) is 23.8 Å². The highest BCUT2D eigenvalue weighted by Gasteiger charge is 2.37. The Balaban J connectivity index is 1.95. The molecule has 0 aliphatic carbocycles. The Bertz CT molecular complexity index is 1380. The van der Waals surface area contributed by atoms with Crippen LogP contribution in [-0.4, -0.2) is 48.9 Å². The van der Waals surface area contributed by atoms with E-state index in [-0.39, 0.29) is 39.1 Å². The third-order valence-electron chi connectivity index (χ3n) is 6.27. The maximum Gasteiger partial charge on any atom is 0.264 e. The molecular weight excluding hydrogens is 526 g/mol. The lowest BCUT2D eigenvalue weighted by atomic mass is 10.0. The van der Waals surface area contributed by atoms with Crippen molar-refractivity contribution in [1.82, 2.24) is 5.32 Å². The number of rotatable bonds is 9. The number of nitrogens with one attached hydrogen (secondary N) is 1. The maximum atomic E-state index is 14.6. The highest BCUT2D eigenvalue weighted by molar-refractivity contribution is 7.92. The molecule has 11 heteroatoms. The second-order valence-corrected chi connectivity index (χ2v) is 10.7. The quantitative estimate of drug-likeness (QED) is 0.411. The van der Waals surface area contributed by atoms with Crippen LogP contribution >= 0.6 is 11.6 Å². The van der Waals surface area contributed by atoms with E-state index in [1.807, 2.05) is 0 Å². The second-order valence-electron chi connectivity index (χ2n) is 8.46. The minimum atomic E-state index is -4.23. The van der Waals surface area contributed by atoms with E-state index in [0.29, 0.717) is 30.8 Å². The van der Waals surface area contributed by atoms with Crippen LogP contribution in [-0.2, 0) is 16.4 Å². The largest absolute Gasteiger partial charge is 0.494 e. The molecule has 0 spiro atoms. The smallest absolute Gasteiger partial charge is 0.264 e. The van der Waals surface area contributed by atoms with Crippen LogP contribution in [0.3, 0.4) is 0 Å². The molecule has 37 heavy (non-hydrogen) atoms. The third kappa shape index (κ3) is 5.32. The molecule has 0 amide bonds. The molecule has 1 heterocycles. The van der Waals surface area contributed by atoms with Crippen LogP contribution in [0.2, 0.25) is 5.02 Å². The normalized spacial score (nSPS) is 15.5. The van der Waals surface area contributed by atoms with Crippen LogP contribution in [0.1, 0.15) is 17.5 Å². The van der Waals surface area contributed by atoms with Crippen molar-refractivity contribution in [3.05, 3.63) is 76.3 Å². The van der Waals surface area contributed by atoms with E-state index in [2.05, 4.69) is 5.32 Å². The summed E-state index contributed by atoms with van der Waals surface area (Å²) < 4.78 is 75.2. The summed E-state index contributed by atoms with van der Waals surface area (Å²) in [7, 11) is 0.0237. The highest BCUT2D eigenvalue weighted by Crippen LogP contribution is 2.42. The Kier molecular flexibility index (Phi) is 8.11. The van der Waals surface area contributed by atoms with Crippen molar-refractivity contribution < 1.29 is 31.4 Å². The second kappa shape index (κ2) is 11.1. The number of ether oxygens (including phenoxy) is 3. The first-order valence-corrected chi connectivity index (χ1v) is 13.3. The molecule has 1 fully saturated rings. The number of benzene rings is 3. The van der Waals surface area contributed by atoms with Gasteiger partial charge in [-0.05, 0) is 48.9 Å². The van der Waals surface area contributed by atoms with E-state index in [0.717, 1.165) is 12.1 Å². The van der Waals surface area contributed by atoms with Crippen molar-refractivity contribution in [3.63, 3.8) is 0 Å². The van der Waals surface area contributed by atoms with Gasteiger partial charge in [0.25, 0.3) is 10.0 Å². The van der Waals surface area contributed by atoms with Crippen LogP contribution in [0.25, 0.3) is 0 Å². The SMILES string of the molecule is COc1ccc(S(=O)(=O)N(c2c(Cc3c(F)cccc3F)cc(Cl)cc2OC)[C@H]2CCNC2)cc1OC. The predicted molar refractivity (Wildman–Crippen MR) is 138 cm³/mol. The number of nitrogens with zero attached hydrogens (tertiary/aromatic N) is 1. The number of methoxy groups -OCH3 is 3. The van der Waals surface area contributed by atoms with Gasteiger partial charge >= 0.3 is 0 Å². The Morgan fingerprint density at radius 3 is 2.24 bits per heavy atom.